The van der Waals surface area contributed by atoms with Gasteiger partial charge in [0.05, 0.1) is 0 Å². The number of aliphatic carboxylic acids is 1. The highest BCUT2D eigenvalue weighted by atomic mass is 16.5. The van der Waals surface area contributed by atoms with Crippen molar-refractivity contribution >= 4 is 17.6 Å². The van der Waals surface area contributed by atoms with Crippen molar-refractivity contribution in [3.05, 3.63) is 0 Å². The van der Waals surface area contributed by atoms with Gasteiger partial charge >= 0.3 is 11.9 Å². The molecule has 0 aromatic heterocycles. The maximum absolute atomic E-state index is 10.2. The molecule has 0 aromatic carbocycles. The van der Waals surface area contributed by atoms with Crippen molar-refractivity contribution in [3.63, 3.8) is 0 Å². The SMILES string of the molecule is O=C(O)/C(=N\O)C(=O)NO. The lowest BCUT2D eigenvalue weighted by atomic mass is 10.4. The van der Waals surface area contributed by atoms with Crippen molar-refractivity contribution in [2.24, 2.45) is 5.16 Å². The first kappa shape index (κ1) is 8.37. The molecule has 0 spiro atoms. The van der Waals surface area contributed by atoms with Gasteiger partial charge in [0.1, 0.15) is 0 Å². The minimum Gasteiger partial charge on any atom is -0.476 e. The van der Waals surface area contributed by atoms with Crippen LogP contribution < -0.4 is 5.48 Å². The zero-order valence-electron chi connectivity index (χ0n) is 4.61. The molecule has 0 atom stereocenters. The molecule has 0 saturated carbocycles. The molecule has 10 heavy (non-hydrogen) atoms. The molecule has 0 aliphatic rings. The Morgan fingerprint density at radius 1 is 1.40 bits per heavy atom. The number of nitrogens with zero attached hydrogens (tertiary/aromatic N) is 1. The Labute approximate surface area is 54.5 Å². The van der Waals surface area contributed by atoms with Gasteiger partial charge in [-0.15, -0.1) is 0 Å². The Morgan fingerprint density at radius 2 is 1.90 bits per heavy atom. The molecule has 0 heterocycles. The van der Waals surface area contributed by atoms with Gasteiger partial charge in [0.2, 0.25) is 0 Å². The second kappa shape index (κ2) is 3.41. The number of carbonyl (C=O) groups is 2. The number of carboxylic acid groups (broad SMARTS) is 1. The Kier molecular flexibility index (Phi) is 2.85. The third-order valence-electron chi connectivity index (χ3n) is 0.619. The normalized spacial score (nSPS) is 10.7. The van der Waals surface area contributed by atoms with Crippen molar-refractivity contribution in [1.29, 1.82) is 0 Å². The quantitative estimate of drug-likeness (QED) is 0.124. The standard InChI is InChI=1S/C3H4N2O5/c6-2(5-10)1(4-9)3(7)8/h9-10H,(H,5,6)(H,7,8)/b4-1-. The van der Waals surface area contributed by atoms with Crippen LogP contribution in [0.25, 0.3) is 0 Å². The highest BCUT2D eigenvalue weighted by Crippen LogP contribution is 1.76. The molecule has 0 rings (SSSR count). The predicted molar refractivity (Wildman–Crippen MR) is 26.8 cm³/mol. The molecule has 7 heteroatoms. The summed E-state index contributed by atoms with van der Waals surface area (Å²) in [5.41, 5.74) is -0.191. The molecule has 0 aliphatic heterocycles. The number of carboxylic acids is 1. The van der Waals surface area contributed by atoms with E-state index in [1.807, 2.05) is 0 Å². The van der Waals surface area contributed by atoms with Gasteiger partial charge in [-0.2, -0.15) is 0 Å². The van der Waals surface area contributed by atoms with Crippen molar-refractivity contribution in [2.75, 3.05) is 0 Å². The molecule has 7 nitrogen and oxygen atoms in total. The fourth-order valence-corrected chi connectivity index (χ4v) is 0.238. The number of hydrogen-bond donors (Lipinski definition) is 4. The molecule has 0 fully saturated rings. The molecule has 0 aliphatic carbocycles. The van der Waals surface area contributed by atoms with Crippen molar-refractivity contribution in [1.82, 2.24) is 5.48 Å². The average Bonchev–Trinajstić information content (AvgIpc) is 1.88. The second-order valence-electron chi connectivity index (χ2n) is 1.19. The zero-order valence-corrected chi connectivity index (χ0v) is 4.61. The van der Waals surface area contributed by atoms with Gasteiger partial charge in [-0.25, -0.2) is 10.3 Å². The molecule has 0 unspecified atom stereocenters. The van der Waals surface area contributed by atoms with E-state index in [9.17, 15) is 9.59 Å². The summed E-state index contributed by atoms with van der Waals surface area (Å²) in [6.07, 6.45) is 0. The molecule has 0 radical (unpaired) electrons. The topological polar surface area (TPSA) is 119 Å². The predicted octanol–water partition coefficient (Wildman–Crippen LogP) is -1.59. The molecule has 1 amide bonds. The summed E-state index contributed by atoms with van der Waals surface area (Å²) < 4.78 is 0. The van der Waals surface area contributed by atoms with E-state index in [1.165, 1.54) is 0 Å². The third-order valence-corrected chi connectivity index (χ3v) is 0.619. The zero-order chi connectivity index (χ0) is 8.15. The first-order chi connectivity index (χ1) is 4.63. The van der Waals surface area contributed by atoms with Crippen LogP contribution in [0.4, 0.5) is 0 Å². The summed E-state index contributed by atoms with van der Waals surface area (Å²) in [5.74, 6) is -3.11. The van der Waals surface area contributed by atoms with Crippen LogP contribution in [0.1, 0.15) is 0 Å². The molecular weight excluding hydrogens is 144 g/mol. The van der Waals surface area contributed by atoms with Crippen molar-refractivity contribution in [3.8, 4) is 0 Å². The van der Waals surface area contributed by atoms with Crippen LogP contribution in [0.2, 0.25) is 0 Å². The number of hydroxylamine groups is 1. The highest BCUT2D eigenvalue weighted by Gasteiger charge is 2.19. The van der Waals surface area contributed by atoms with Gasteiger partial charge in [0.25, 0.3) is 5.71 Å². The van der Waals surface area contributed by atoms with Gasteiger partial charge < -0.3 is 10.3 Å². The highest BCUT2D eigenvalue weighted by molar-refractivity contribution is 6.63. The average molecular weight is 148 g/mol. The number of hydrogen-bond acceptors (Lipinski definition) is 5. The summed E-state index contributed by atoms with van der Waals surface area (Å²) in [5, 5.41) is 25.8. The van der Waals surface area contributed by atoms with Crippen molar-refractivity contribution in [2.45, 2.75) is 0 Å². The number of amides is 1. The molecular formula is C3H4N2O5. The number of oxime groups is 1. The summed E-state index contributed by atoms with van der Waals surface area (Å²) in [6, 6.07) is 0. The van der Waals surface area contributed by atoms with E-state index in [0.29, 0.717) is 0 Å². The van der Waals surface area contributed by atoms with Gasteiger partial charge in [-0.1, -0.05) is 5.16 Å². The van der Waals surface area contributed by atoms with Crippen LogP contribution in [0, 0.1) is 0 Å². The summed E-state index contributed by atoms with van der Waals surface area (Å²) in [6.45, 7) is 0. The van der Waals surface area contributed by atoms with E-state index < -0.39 is 17.6 Å². The van der Waals surface area contributed by atoms with Gasteiger partial charge in [0, 0.05) is 0 Å². The summed E-state index contributed by atoms with van der Waals surface area (Å²) >= 11 is 0. The Bertz CT molecular complexity index is 185. The lowest BCUT2D eigenvalue weighted by molar-refractivity contribution is -0.132. The number of carbonyl (C=O) groups excluding carboxylic acids is 1. The maximum Gasteiger partial charge on any atom is 0.363 e. The van der Waals surface area contributed by atoms with Crippen molar-refractivity contribution < 1.29 is 25.1 Å². The lowest BCUT2D eigenvalue weighted by Crippen LogP contribution is -2.33. The Hall–Kier alpha value is -1.63. The first-order valence-electron chi connectivity index (χ1n) is 2.03. The van der Waals surface area contributed by atoms with Crippen LogP contribution in [-0.2, 0) is 9.59 Å². The van der Waals surface area contributed by atoms with E-state index in [2.05, 4.69) is 5.16 Å². The van der Waals surface area contributed by atoms with E-state index in [-0.39, 0.29) is 0 Å². The van der Waals surface area contributed by atoms with Gasteiger partial charge in [0.15, 0.2) is 0 Å². The van der Waals surface area contributed by atoms with Gasteiger partial charge in [-0.05, 0) is 0 Å². The largest absolute Gasteiger partial charge is 0.476 e. The molecule has 0 bridgehead atoms. The minimum absolute atomic E-state index is 0.987. The first-order valence-corrected chi connectivity index (χ1v) is 2.03. The second-order valence-corrected chi connectivity index (χ2v) is 1.19. The third kappa shape index (κ3) is 1.71. The fraction of sp³-hybridized carbons (Fsp3) is 0. The fourth-order valence-electron chi connectivity index (χ4n) is 0.238. The van der Waals surface area contributed by atoms with Gasteiger partial charge in [-0.3, -0.25) is 10.0 Å². The molecule has 0 aromatic rings. The summed E-state index contributed by atoms with van der Waals surface area (Å²) in [7, 11) is 0. The van der Waals surface area contributed by atoms with Crippen LogP contribution in [0.3, 0.4) is 0 Å². The molecule has 4 N–H and O–H groups in total. The molecule has 56 valence electrons. The monoisotopic (exact) mass is 148 g/mol. The maximum atomic E-state index is 10.2. The Morgan fingerprint density at radius 3 is 2.00 bits per heavy atom. The van der Waals surface area contributed by atoms with Crippen LogP contribution in [0.15, 0.2) is 5.16 Å². The van der Waals surface area contributed by atoms with Crippen LogP contribution >= 0.6 is 0 Å². The van der Waals surface area contributed by atoms with E-state index >= 15 is 0 Å². The minimum atomic E-state index is -1.73. The Balaban J connectivity index is 4.39. The summed E-state index contributed by atoms with van der Waals surface area (Å²) in [4.78, 5) is 20.0. The van der Waals surface area contributed by atoms with E-state index in [4.69, 9.17) is 15.5 Å². The number of nitrogens with one attached hydrogen (secondary N) is 1. The van der Waals surface area contributed by atoms with Crippen LogP contribution in [0.5, 0.6) is 0 Å². The smallest absolute Gasteiger partial charge is 0.363 e. The lowest BCUT2D eigenvalue weighted by Gasteiger charge is -1.93. The van der Waals surface area contributed by atoms with Crippen LogP contribution in [-0.4, -0.2) is 33.1 Å². The number of rotatable bonds is 2. The van der Waals surface area contributed by atoms with E-state index in [0.717, 1.165) is 5.48 Å². The van der Waals surface area contributed by atoms with E-state index in [1.54, 1.807) is 0 Å². The molecule has 0 saturated heterocycles.